The van der Waals surface area contributed by atoms with Gasteiger partial charge in [0, 0.05) is 11.1 Å². The summed E-state index contributed by atoms with van der Waals surface area (Å²) in [5.41, 5.74) is 7.48. The number of hydrogen-bond acceptors (Lipinski definition) is 5. The fraction of sp³-hybridized carbons (Fsp3) is 0.200. The van der Waals surface area contributed by atoms with Crippen molar-refractivity contribution in [2.45, 2.75) is 20.4 Å². The van der Waals surface area contributed by atoms with E-state index in [1.807, 2.05) is 0 Å². The van der Waals surface area contributed by atoms with Crippen molar-refractivity contribution in [1.82, 2.24) is 10.3 Å². The zero-order valence-corrected chi connectivity index (χ0v) is 12.2. The van der Waals surface area contributed by atoms with Crippen molar-refractivity contribution in [3.8, 4) is 0 Å². The Balaban J connectivity index is 2.12. The molecule has 7 heteroatoms. The number of hydrogen-bond donors (Lipinski definition) is 2. The number of nitrogens with one attached hydrogen (secondary N) is 1. The zero-order valence-electron chi connectivity index (χ0n) is 12.2. The lowest BCUT2D eigenvalue weighted by atomic mass is 10.00. The van der Waals surface area contributed by atoms with E-state index in [1.54, 1.807) is 19.9 Å². The van der Waals surface area contributed by atoms with Crippen molar-refractivity contribution >= 4 is 18.1 Å². The quantitative estimate of drug-likeness (QED) is 0.803. The van der Waals surface area contributed by atoms with Gasteiger partial charge in [-0.25, -0.2) is 4.98 Å². The summed E-state index contributed by atoms with van der Waals surface area (Å²) in [4.78, 5) is 37.9. The molecule has 22 heavy (non-hydrogen) atoms. The van der Waals surface area contributed by atoms with Gasteiger partial charge >= 0.3 is 0 Å². The standard InChI is InChI=1S/C15H15N3O4/c1-8-3-9(2)11(4-10(8)6-19)15(21)17-5-13-18-12(7-22-13)14(16)20/h3-4,6-7H,5H2,1-2H3,(H2,16,20)(H,17,21). The SMILES string of the molecule is Cc1cc(C)c(C(=O)NCc2nc(C(N)=O)co2)cc1C=O. The minimum Gasteiger partial charge on any atom is -0.446 e. The number of oxazole rings is 1. The number of nitrogens with zero attached hydrogens (tertiary/aromatic N) is 1. The Labute approximate surface area is 126 Å². The van der Waals surface area contributed by atoms with Crippen LogP contribution in [0.1, 0.15) is 48.2 Å². The molecule has 0 aliphatic rings. The largest absolute Gasteiger partial charge is 0.446 e. The number of carbonyl (C=O) groups excluding carboxylic acids is 3. The Kier molecular flexibility index (Phi) is 4.36. The Morgan fingerprint density at radius 2 is 2.05 bits per heavy atom. The maximum Gasteiger partial charge on any atom is 0.270 e. The van der Waals surface area contributed by atoms with Gasteiger partial charge in [0.25, 0.3) is 11.8 Å². The molecule has 2 rings (SSSR count). The van der Waals surface area contributed by atoms with Gasteiger partial charge in [-0.1, -0.05) is 6.07 Å². The van der Waals surface area contributed by atoms with Crippen molar-refractivity contribution < 1.29 is 18.8 Å². The van der Waals surface area contributed by atoms with E-state index in [4.69, 9.17) is 10.2 Å². The number of aryl methyl sites for hydroxylation is 2. The highest BCUT2D eigenvalue weighted by molar-refractivity contribution is 5.97. The summed E-state index contributed by atoms with van der Waals surface area (Å²) < 4.78 is 5.02. The first-order valence-electron chi connectivity index (χ1n) is 6.51. The molecule has 0 aliphatic carbocycles. The molecule has 0 spiro atoms. The van der Waals surface area contributed by atoms with Gasteiger partial charge in [0.2, 0.25) is 5.89 Å². The normalized spacial score (nSPS) is 10.3. The first-order valence-corrected chi connectivity index (χ1v) is 6.51. The van der Waals surface area contributed by atoms with Crippen LogP contribution in [0, 0.1) is 13.8 Å². The first kappa shape index (κ1) is 15.4. The van der Waals surface area contributed by atoms with Gasteiger partial charge in [-0.3, -0.25) is 14.4 Å². The molecule has 0 unspecified atom stereocenters. The molecule has 0 saturated carbocycles. The molecule has 0 atom stereocenters. The van der Waals surface area contributed by atoms with Gasteiger partial charge in [0.1, 0.15) is 12.5 Å². The van der Waals surface area contributed by atoms with E-state index < -0.39 is 5.91 Å². The van der Waals surface area contributed by atoms with E-state index in [1.165, 1.54) is 6.07 Å². The molecule has 2 aromatic rings. The van der Waals surface area contributed by atoms with Crippen LogP contribution in [0.15, 0.2) is 22.8 Å². The highest BCUT2D eigenvalue weighted by Crippen LogP contribution is 2.15. The predicted molar refractivity (Wildman–Crippen MR) is 77.5 cm³/mol. The Morgan fingerprint density at radius 3 is 2.64 bits per heavy atom. The number of rotatable bonds is 5. The van der Waals surface area contributed by atoms with Crippen molar-refractivity contribution in [1.29, 1.82) is 0 Å². The van der Waals surface area contributed by atoms with Crippen LogP contribution in [0.5, 0.6) is 0 Å². The van der Waals surface area contributed by atoms with E-state index in [9.17, 15) is 14.4 Å². The number of aromatic nitrogens is 1. The van der Waals surface area contributed by atoms with Crippen LogP contribution < -0.4 is 11.1 Å². The molecule has 0 saturated heterocycles. The summed E-state index contributed by atoms with van der Waals surface area (Å²) >= 11 is 0. The fourth-order valence-electron chi connectivity index (χ4n) is 2.00. The highest BCUT2D eigenvalue weighted by atomic mass is 16.3. The molecule has 0 bridgehead atoms. The highest BCUT2D eigenvalue weighted by Gasteiger charge is 2.14. The van der Waals surface area contributed by atoms with Crippen LogP contribution in [0.3, 0.4) is 0 Å². The van der Waals surface area contributed by atoms with Crippen LogP contribution in [0.25, 0.3) is 0 Å². The predicted octanol–water partition coefficient (Wildman–Crippen LogP) is 1.13. The minimum atomic E-state index is -0.702. The molecule has 1 aromatic heterocycles. The number of carbonyl (C=O) groups is 3. The van der Waals surface area contributed by atoms with Gasteiger partial charge in [-0.15, -0.1) is 0 Å². The second kappa shape index (κ2) is 6.21. The Hall–Kier alpha value is -2.96. The maximum absolute atomic E-state index is 12.2. The van der Waals surface area contributed by atoms with Crippen molar-refractivity contribution in [2.75, 3.05) is 0 Å². The minimum absolute atomic E-state index is 0.000920. The second-order valence-corrected chi connectivity index (χ2v) is 4.81. The monoisotopic (exact) mass is 301 g/mol. The topological polar surface area (TPSA) is 115 Å². The molecule has 7 nitrogen and oxygen atoms in total. The maximum atomic E-state index is 12.2. The third-order valence-corrected chi connectivity index (χ3v) is 3.19. The number of nitrogens with two attached hydrogens (primary N) is 1. The van der Waals surface area contributed by atoms with Crippen LogP contribution >= 0.6 is 0 Å². The van der Waals surface area contributed by atoms with E-state index in [-0.39, 0.29) is 24.0 Å². The van der Waals surface area contributed by atoms with Gasteiger partial charge in [0.05, 0.1) is 6.54 Å². The third kappa shape index (κ3) is 3.20. The Morgan fingerprint density at radius 1 is 1.32 bits per heavy atom. The van der Waals surface area contributed by atoms with Gasteiger partial charge < -0.3 is 15.5 Å². The van der Waals surface area contributed by atoms with Crippen molar-refractivity contribution in [2.24, 2.45) is 5.73 Å². The average molecular weight is 301 g/mol. The zero-order chi connectivity index (χ0) is 16.3. The fourth-order valence-corrected chi connectivity index (χ4v) is 2.00. The van der Waals surface area contributed by atoms with Gasteiger partial charge in [0.15, 0.2) is 5.69 Å². The summed E-state index contributed by atoms with van der Waals surface area (Å²) in [5, 5.41) is 2.62. The third-order valence-electron chi connectivity index (χ3n) is 3.19. The molecule has 1 heterocycles. The van der Waals surface area contributed by atoms with Crippen LogP contribution in [-0.4, -0.2) is 23.1 Å². The molecule has 0 fully saturated rings. The van der Waals surface area contributed by atoms with Crippen LogP contribution in [0.2, 0.25) is 0 Å². The van der Waals surface area contributed by atoms with Crippen molar-refractivity contribution in [3.63, 3.8) is 0 Å². The van der Waals surface area contributed by atoms with E-state index >= 15 is 0 Å². The van der Waals surface area contributed by atoms with Crippen LogP contribution in [0.4, 0.5) is 0 Å². The number of amides is 2. The summed E-state index contributed by atoms with van der Waals surface area (Å²) in [7, 11) is 0. The van der Waals surface area contributed by atoms with Crippen molar-refractivity contribution in [3.05, 3.63) is 52.2 Å². The second-order valence-electron chi connectivity index (χ2n) is 4.81. The smallest absolute Gasteiger partial charge is 0.270 e. The lowest BCUT2D eigenvalue weighted by Gasteiger charge is -2.09. The average Bonchev–Trinajstić information content (AvgIpc) is 2.94. The number of benzene rings is 1. The molecule has 114 valence electrons. The number of primary amides is 1. The van der Waals surface area contributed by atoms with E-state index in [2.05, 4.69) is 10.3 Å². The summed E-state index contributed by atoms with van der Waals surface area (Å²) in [6.07, 6.45) is 1.84. The summed E-state index contributed by atoms with van der Waals surface area (Å²) in [6.45, 7) is 3.60. The molecular formula is C15H15N3O4. The molecule has 1 aromatic carbocycles. The molecule has 3 N–H and O–H groups in total. The summed E-state index contributed by atoms with van der Waals surface area (Å²) in [5.74, 6) is -0.895. The first-order chi connectivity index (χ1) is 10.4. The lowest BCUT2D eigenvalue weighted by Crippen LogP contribution is -2.24. The molecule has 0 aliphatic heterocycles. The molecule has 0 radical (unpaired) electrons. The van der Waals surface area contributed by atoms with E-state index in [0.29, 0.717) is 17.4 Å². The lowest BCUT2D eigenvalue weighted by molar-refractivity contribution is 0.0946. The molecule has 2 amide bonds. The molecular weight excluding hydrogens is 286 g/mol. The van der Waals surface area contributed by atoms with Gasteiger partial charge in [-0.05, 0) is 31.0 Å². The van der Waals surface area contributed by atoms with Gasteiger partial charge in [-0.2, -0.15) is 0 Å². The summed E-state index contributed by atoms with van der Waals surface area (Å²) in [6, 6.07) is 3.31. The van der Waals surface area contributed by atoms with Crippen LogP contribution in [-0.2, 0) is 6.54 Å². The van der Waals surface area contributed by atoms with E-state index in [0.717, 1.165) is 17.4 Å². The number of aldehydes is 1. The Bertz CT molecular complexity index is 749.